The van der Waals surface area contributed by atoms with Gasteiger partial charge in [0, 0.05) is 9.50 Å². The summed E-state index contributed by atoms with van der Waals surface area (Å²) in [7, 11) is 0. The number of anilines is 1. The number of carbonyl (C=O) groups excluding carboxylic acids is 2. The lowest BCUT2D eigenvalue weighted by Crippen LogP contribution is -2.21. The molecule has 1 N–H and O–H groups in total. The summed E-state index contributed by atoms with van der Waals surface area (Å²) in [6, 6.07) is 10.2. The molecule has 4 nitrogen and oxygen atoms in total. The second-order valence-electron chi connectivity index (χ2n) is 4.26. The molecular weight excluding hydrogens is 377 g/mol. The number of esters is 1. The highest BCUT2D eigenvalue weighted by Crippen LogP contribution is 2.19. The van der Waals surface area contributed by atoms with E-state index in [0.717, 1.165) is 10.5 Å². The largest absolute Gasteiger partial charge is 0.452 e. The van der Waals surface area contributed by atoms with Crippen LogP contribution in [0.4, 0.5) is 10.1 Å². The number of ether oxygens (including phenoxy) is 1. The highest BCUT2D eigenvalue weighted by molar-refractivity contribution is 9.10. The molecule has 0 aliphatic heterocycles. The van der Waals surface area contributed by atoms with E-state index in [4.69, 9.17) is 16.3 Å². The third-order valence-corrected chi connectivity index (χ3v) is 3.38. The van der Waals surface area contributed by atoms with Crippen LogP contribution >= 0.6 is 27.5 Å². The fourth-order valence-electron chi connectivity index (χ4n) is 1.58. The van der Waals surface area contributed by atoms with E-state index in [2.05, 4.69) is 21.2 Å². The number of hydrogen-bond acceptors (Lipinski definition) is 3. The van der Waals surface area contributed by atoms with Crippen molar-refractivity contribution >= 4 is 45.1 Å². The summed E-state index contributed by atoms with van der Waals surface area (Å²) in [5.74, 6) is -1.93. The fraction of sp³-hybridized carbons (Fsp3) is 0.0667. The van der Waals surface area contributed by atoms with Crippen LogP contribution in [0.15, 0.2) is 46.9 Å². The molecule has 0 atom stereocenters. The Morgan fingerprint density at radius 1 is 1.18 bits per heavy atom. The van der Waals surface area contributed by atoms with Crippen LogP contribution in [0, 0.1) is 5.82 Å². The van der Waals surface area contributed by atoms with Crippen molar-refractivity contribution in [2.75, 3.05) is 11.9 Å². The zero-order valence-corrected chi connectivity index (χ0v) is 13.4. The van der Waals surface area contributed by atoms with Crippen molar-refractivity contribution in [1.82, 2.24) is 0 Å². The molecule has 0 aliphatic rings. The highest BCUT2D eigenvalue weighted by atomic mass is 79.9. The molecule has 2 aromatic carbocycles. The fourth-order valence-corrected chi connectivity index (χ4v) is 2.02. The normalized spacial score (nSPS) is 10.1. The average molecular weight is 387 g/mol. The number of halogens is 3. The van der Waals surface area contributed by atoms with E-state index in [1.807, 2.05) is 0 Å². The minimum Gasteiger partial charge on any atom is -0.452 e. The second kappa shape index (κ2) is 7.38. The van der Waals surface area contributed by atoms with Crippen LogP contribution in [0.3, 0.4) is 0 Å². The third kappa shape index (κ3) is 4.54. The Hall–Kier alpha value is -1.92. The molecule has 22 heavy (non-hydrogen) atoms. The summed E-state index contributed by atoms with van der Waals surface area (Å²) in [4.78, 5) is 23.4. The molecule has 0 radical (unpaired) electrons. The summed E-state index contributed by atoms with van der Waals surface area (Å²) in [5, 5.41) is 2.56. The molecule has 0 spiro atoms. The Kier molecular flexibility index (Phi) is 5.51. The number of nitrogens with one attached hydrogen (secondary N) is 1. The number of carbonyl (C=O) groups is 2. The molecule has 0 saturated carbocycles. The standard InChI is InChI=1S/C15H10BrClFNO3/c16-10-3-1-9(2-4-10)15(21)22-8-14(20)19-13-7-11(17)5-6-12(13)18/h1-7H,8H2,(H,19,20). The van der Waals surface area contributed by atoms with Gasteiger partial charge in [-0.3, -0.25) is 4.79 Å². The maximum absolute atomic E-state index is 13.4. The van der Waals surface area contributed by atoms with Crippen LogP contribution in [0.5, 0.6) is 0 Å². The van der Waals surface area contributed by atoms with E-state index in [-0.39, 0.29) is 10.7 Å². The highest BCUT2D eigenvalue weighted by Gasteiger charge is 2.12. The topological polar surface area (TPSA) is 55.4 Å². The summed E-state index contributed by atoms with van der Waals surface area (Å²) in [6.07, 6.45) is 0. The van der Waals surface area contributed by atoms with E-state index < -0.39 is 24.3 Å². The lowest BCUT2D eigenvalue weighted by molar-refractivity contribution is -0.119. The Morgan fingerprint density at radius 3 is 2.55 bits per heavy atom. The van der Waals surface area contributed by atoms with Crippen LogP contribution in [-0.4, -0.2) is 18.5 Å². The van der Waals surface area contributed by atoms with Gasteiger partial charge in [0.15, 0.2) is 6.61 Å². The monoisotopic (exact) mass is 385 g/mol. The van der Waals surface area contributed by atoms with Crippen molar-refractivity contribution in [3.05, 3.63) is 63.3 Å². The zero-order chi connectivity index (χ0) is 16.1. The smallest absolute Gasteiger partial charge is 0.338 e. The summed E-state index contributed by atoms with van der Waals surface area (Å²) >= 11 is 8.96. The first-order valence-corrected chi connectivity index (χ1v) is 7.30. The number of amides is 1. The first kappa shape index (κ1) is 16.5. The van der Waals surface area contributed by atoms with Crippen molar-refractivity contribution < 1.29 is 18.7 Å². The molecule has 0 heterocycles. The Morgan fingerprint density at radius 2 is 1.86 bits per heavy atom. The van der Waals surface area contributed by atoms with Crippen LogP contribution in [0.1, 0.15) is 10.4 Å². The van der Waals surface area contributed by atoms with Gasteiger partial charge in [-0.25, -0.2) is 9.18 Å². The third-order valence-electron chi connectivity index (χ3n) is 2.62. The lowest BCUT2D eigenvalue weighted by Gasteiger charge is -2.08. The van der Waals surface area contributed by atoms with E-state index in [1.54, 1.807) is 24.3 Å². The molecule has 2 rings (SSSR count). The summed E-state index contributed by atoms with van der Waals surface area (Å²) < 4.78 is 19.1. The van der Waals surface area contributed by atoms with Gasteiger partial charge in [-0.1, -0.05) is 27.5 Å². The molecule has 0 aromatic heterocycles. The van der Waals surface area contributed by atoms with Crippen LogP contribution < -0.4 is 5.32 Å². The minimum absolute atomic E-state index is 0.0720. The molecule has 0 unspecified atom stereocenters. The molecule has 0 fully saturated rings. The van der Waals surface area contributed by atoms with E-state index in [0.29, 0.717) is 5.56 Å². The van der Waals surface area contributed by atoms with Crippen molar-refractivity contribution in [3.8, 4) is 0 Å². The molecule has 0 saturated heterocycles. The number of hydrogen-bond donors (Lipinski definition) is 1. The SMILES string of the molecule is O=C(COC(=O)c1ccc(Br)cc1)Nc1cc(Cl)ccc1F. The number of rotatable bonds is 4. The first-order valence-electron chi connectivity index (χ1n) is 6.13. The molecule has 0 bridgehead atoms. The molecule has 1 amide bonds. The molecule has 0 aliphatic carbocycles. The lowest BCUT2D eigenvalue weighted by atomic mass is 10.2. The number of benzene rings is 2. The van der Waals surface area contributed by atoms with Crippen molar-refractivity contribution in [2.45, 2.75) is 0 Å². The van der Waals surface area contributed by atoms with Gasteiger partial charge in [-0.2, -0.15) is 0 Å². The maximum atomic E-state index is 13.4. The van der Waals surface area contributed by atoms with Gasteiger partial charge in [0.25, 0.3) is 5.91 Å². The predicted molar refractivity (Wildman–Crippen MR) is 84.5 cm³/mol. The van der Waals surface area contributed by atoms with Crippen LogP contribution in [0.25, 0.3) is 0 Å². The van der Waals surface area contributed by atoms with Crippen molar-refractivity contribution in [2.24, 2.45) is 0 Å². The van der Waals surface area contributed by atoms with Gasteiger partial charge < -0.3 is 10.1 Å². The van der Waals surface area contributed by atoms with E-state index in [9.17, 15) is 14.0 Å². The van der Waals surface area contributed by atoms with Crippen molar-refractivity contribution in [1.29, 1.82) is 0 Å². The molecule has 2 aromatic rings. The minimum atomic E-state index is -0.661. The predicted octanol–water partition coefficient (Wildman–Crippen LogP) is 4.04. The van der Waals surface area contributed by atoms with Gasteiger partial charge in [0.05, 0.1) is 11.3 Å². The first-order chi connectivity index (χ1) is 10.5. The summed E-state index contributed by atoms with van der Waals surface area (Å²) in [6.45, 7) is -0.527. The van der Waals surface area contributed by atoms with Crippen molar-refractivity contribution in [3.63, 3.8) is 0 Å². The molecule has 7 heteroatoms. The van der Waals surface area contributed by atoms with Gasteiger partial charge in [0.2, 0.25) is 0 Å². The molecule has 114 valence electrons. The molecular formula is C15H10BrClFNO3. The Bertz CT molecular complexity index is 706. The van der Waals surface area contributed by atoms with Gasteiger partial charge in [-0.15, -0.1) is 0 Å². The van der Waals surface area contributed by atoms with Crippen LogP contribution in [0.2, 0.25) is 5.02 Å². The zero-order valence-electron chi connectivity index (χ0n) is 11.1. The Balaban J connectivity index is 1.91. The van der Waals surface area contributed by atoms with Gasteiger partial charge in [-0.05, 0) is 42.5 Å². The average Bonchev–Trinajstić information content (AvgIpc) is 2.49. The quantitative estimate of drug-likeness (QED) is 0.807. The summed E-state index contributed by atoms with van der Waals surface area (Å²) in [5.41, 5.74) is 0.238. The van der Waals surface area contributed by atoms with Gasteiger partial charge in [0.1, 0.15) is 5.82 Å². The van der Waals surface area contributed by atoms with Gasteiger partial charge >= 0.3 is 5.97 Å². The van der Waals surface area contributed by atoms with E-state index >= 15 is 0 Å². The Labute approximate surface area is 139 Å². The second-order valence-corrected chi connectivity index (χ2v) is 5.61. The van der Waals surface area contributed by atoms with Crippen LogP contribution in [-0.2, 0) is 9.53 Å². The maximum Gasteiger partial charge on any atom is 0.338 e. The van der Waals surface area contributed by atoms with E-state index in [1.165, 1.54) is 12.1 Å².